The van der Waals surface area contributed by atoms with Gasteiger partial charge in [-0.1, -0.05) is 0 Å². The minimum absolute atomic E-state index is 0. The average Bonchev–Trinajstić information content (AvgIpc) is 2.41. The normalized spacial score (nSPS) is 16.2. The molecule has 0 heterocycles. The van der Waals surface area contributed by atoms with Crippen molar-refractivity contribution in [2.75, 3.05) is 0 Å². The average molecular weight is 531 g/mol. The number of hydrogen-bond donors (Lipinski definition) is 2. The van der Waals surface area contributed by atoms with Crippen LogP contribution in [0.5, 0.6) is 0 Å². The molecule has 22 heteroatoms. The zero-order valence-electron chi connectivity index (χ0n) is 13.5. The summed E-state index contributed by atoms with van der Waals surface area (Å²) in [6, 6.07) is 0. The molecule has 0 saturated heterocycles. The Hall–Kier alpha value is -1.32. The fraction of sp³-hybridized carbons (Fsp3) is 1.00. The second-order valence-electron chi connectivity index (χ2n) is 5.36. The molecule has 0 aromatic carbocycles. The lowest BCUT2D eigenvalue weighted by atomic mass is 9.90. The van der Waals surface area contributed by atoms with Gasteiger partial charge in [0.25, 0.3) is 0 Å². The first-order valence-corrected chi connectivity index (χ1v) is 7.58. The largest absolute Gasteiger partial charge is 0.438 e. The highest BCUT2D eigenvalue weighted by atomic mass is 32.2. The summed E-state index contributed by atoms with van der Waals surface area (Å²) in [5.41, 5.74) is 0. The molecule has 4 N–H and O–H groups in total. The van der Waals surface area contributed by atoms with Crippen molar-refractivity contribution < 1.29 is 87.6 Å². The van der Waals surface area contributed by atoms with Crippen LogP contribution >= 0.6 is 0 Å². The van der Waals surface area contributed by atoms with Gasteiger partial charge < -0.3 is 6.15 Å². The van der Waals surface area contributed by atoms with Crippen LogP contribution in [0.3, 0.4) is 0 Å². The van der Waals surface area contributed by atoms with Crippen molar-refractivity contribution in [2.45, 2.75) is 53.4 Å². The van der Waals surface area contributed by atoms with E-state index >= 15 is 0 Å². The SMILES string of the molecule is N.O=S(=O)(O)C(F)(F)C(F)(F)C(F)(F)C(F)(F)C(F)(F)C(F)(F)C(F)(F)CC(F)(F)F. The molecule has 0 aliphatic rings. The van der Waals surface area contributed by atoms with Crippen LogP contribution in [0.25, 0.3) is 0 Å². The summed E-state index contributed by atoms with van der Waals surface area (Å²) in [7, 11) is -7.86. The van der Waals surface area contributed by atoms with Gasteiger partial charge in [-0.05, 0) is 0 Å². The molecule has 0 aliphatic carbocycles. The predicted molar refractivity (Wildman–Crippen MR) is 61.9 cm³/mol. The van der Waals surface area contributed by atoms with Crippen molar-refractivity contribution in [3.8, 4) is 0 Å². The topological polar surface area (TPSA) is 89.4 Å². The van der Waals surface area contributed by atoms with Crippen LogP contribution in [0.4, 0.5) is 74.6 Å². The van der Waals surface area contributed by atoms with Gasteiger partial charge in [0, 0.05) is 0 Å². The van der Waals surface area contributed by atoms with Crippen LogP contribution in [-0.2, 0) is 10.1 Å². The lowest BCUT2D eigenvalue weighted by Crippen LogP contribution is -2.73. The first-order chi connectivity index (χ1) is 12.5. The molecule has 0 aromatic heterocycles. The third kappa shape index (κ3) is 4.46. The Morgan fingerprint density at radius 1 is 0.516 bits per heavy atom. The fourth-order valence-corrected chi connectivity index (χ4v) is 1.98. The van der Waals surface area contributed by atoms with E-state index in [9.17, 15) is 83.1 Å². The van der Waals surface area contributed by atoms with E-state index in [1.807, 2.05) is 0 Å². The van der Waals surface area contributed by atoms with Crippen molar-refractivity contribution in [1.82, 2.24) is 6.15 Å². The Kier molecular flexibility index (Phi) is 7.84. The minimum Gasteiger partial charge on any atom is -0.344 e. The van der Waals surface area contributed by atoms with E-state index in [1.165, 1.54) is 0 Å². The third-order valence-corrected chi connectivity index (χ3v) is 4.05. The fourth-order valence-electron chi connectivity index (χ4n) is 1.53. The maximum absolute atomic E-state index is 13.2. The minimum atomic E-state index is -8.75. The van der Waals surface area contributed by atoms with E-state index in [-0.39, 0.29) is 6.15 Å². The Bertz CT molecular complexity index is 755. The summed E-state index contributed by atoms with van der Waals surface area (Å²) in [6.07, 6.45) is -10.9. The van der Waals surface area contributed by atoms with Crippen molar-refractivity contribution in [3.05, 3.63) is 0 Å². The standard InChI is InChI=1S/C9H3F17O3S.H3N/c10-2(11,1-3(12,13)14)4(15,16)5(17,18)6(19,20)7(21,22)8(23,24)9(25,26)30(27,28)29;/h1H2,(H,27,28,29);1H3. The van der Waals surface area contributed by atoms with Gasteiger partial charge in [-0.3, -0.25) is 4.55 Å². The number of halogens is 17. The summed E-state index contributed by atoms with van der Waals surface area (Å²) in [6.45, 7) is 0. The molecule has 0 aromatic rings. The van der Waals surface area contributed by atoms with Crippen molar-refractivity contribution >= 4 is 10.1 Å². The van der Waals surface area contributed by atoms with Crippen LogP contribution in [0.1, 0.15) is 6.42 Å². The molecular formula is C9H6F17NO3S. The van der Waals surface area contributed by atoms with Gasteiger partial charge in [0.05, 0.1) is 0 Å². The van der Waals surface area contributed by atoms with Crippen LogP contribution < -0.4 is 6.15 Å². The van der Waals surface area contributed by atoms with E-state index in [0.717, 1.165) is 0 Å². The van der Waals surface area contributed by atoms with Gasteiger partial charge in [-0.2, -0.15) is 83.1 Å². The van der Waals surface area contributed by atoms with E-state index in [2.05, 4.69) is 0 Å². The molecule has 0 unspecified atom stereocenters. The number of alkyl halides is 17. The van der Waals surface area contributed by atoms with Gasteiger partial charge in [0.2, 0.25) is 0 Å². The molecule has 0 fully saturated rings. The smallest absolute Gasteiger partial charge is 0.344 e. The molecule has 0 rings (SSSR count). The van der Waals surface area contributed by atoms with Crippen LogP contribution in [0, 0.1) is 0 Å². The first kappa shape index (κ1) is 31.9. The molecule has 4 nitrogen and oxygen atoms in total. The summed E-state index contributed by atoms with van der Waals surface area (Å²) in [4.78, 5) is 0. The third-order valence-electron chi connectivity index (χ3n) is 3.15. The Balaban J connectivity index is 0. The van der Waals surface area contributed by atoms with E-state index in [0.29, 0.717) is 0 Å². The van der Waals surface area contributed by atoms with Crippen molar-refractivity contribution in [2.24, 2.45) is 0 Å². The summed E-state index contributed by atoms with van der Waals surface area (Å²) in [5.74, 6) is -50.1. The Morgan fingerprint density at radius 3 is 1.03 bits per heavy atom. The molecule has 0 atom stereocenters. The van der Waals surface area contributed by atoms with Crippen LogP contribution in [0.2, 0.25) is 0 Å². The highest BCUT2D eigenvalue weighted by molar-refractivity contribution is 7.87. The quantitative estimate of drug-likeness (QED) is 0.325. The lowest BCUT2D eigenvalue weighted by molar-refractivity contribution is -0.439. The molecule has 0 bridgehead atoms. The molecule has 0 spiro atoms. The Morgan fingerprint density at radius 2 is 0.774 bits per heavy atom. The highest BCUT2D eigenvalue weighted by Gasteiger charge is 2.94. The van der Waals surface area contributed by atoms with Gasteiger partial charge in [0.15, 0.2) is 0 Å². The predicted octanol–water partition coefficient (Wildman–Crippen LogP) is 5.39. The molecule has 0 aliphatic heterocycles. The van der Waals surface area contributed by atoms with E-state index < -0.39 is 63.5 Å². The van der Waals surface area contributed by atoms with Crippen LogP contribution in [-0.4, -0.2) is 59.9 Å². The van der Waals surface area contributed by atoms with Gasteiger partial charge in [-0.25, -0.2) is 0 Å². The van der Waals surface area contributed by atoms with Crippen molar-refractivity contribution in [1.29, 1.82) is 0 Å². The lowest BCUT2D eigenvalue weighted by Gasteiger charge is -2.42. The van der Waals surface area contributed by atoms with Gasteiger partial charge in [-0.15, -0.1) is 0 Å². The molecule has 0 amide bonds. The van der Waals surface area contributed by atoms with Gasteiger partial charge in [0.1, 0.15) is 6.42 Å². The molecule has 0 radical (unpaired) electrons. The molecule has 0 saturated carbocycles. The van der Waals surface area contributed by atoms with E-state index in [1.54, 1.807) is 0 Å². The maximum Gasteiger partial charge on any atom is 0.438 e. The summed E-state index contributed by atoms with van der Waals surface area (Å²) >= 11 is 0. The first-order valence-electron chi connectivity index (χ1n) is 6.14. The summed E-state index contributed by atoms with van der Waals surface area (Å²) < 4.78 is 245. The highest BCUT2D eigenvalue weighted by Crippen LogP contribution is 2.63. The van der Waals surface area contributed by atoms with E-state index in [4.69, 9.17) is 4.55 Å². The maximum atomic E-state index is 13.2. The number of rotatable bonds is 8. The second-order valence-corrected chi connectivity index (χ2v) is 6.82. The zero-order valence-corrected chi connectivity index (χ0v) is 14.3. The van der Waals surface area contributed by atoms with Crippen molar-refractivity contribution in [3.63, 3.8) is 0 Å². The van der Waals surface area contributed by atoms with Crippen LogP contribution in [0.15, 0.2) is 0 Å². The monoisotopic (exact) mass is 531 g/mol. The Labute approximate surface area is 158 Å². The number of hydrogen-bond acceptors (Lipinski definition) is 3. The molecular weight excluding hydrogens is 525 g/mol. The molecule has 190 valence electrons. The zero-order chi connectivity index (χ0) is 25.2. The molecule has 31 heavy (non-hydrogen) atoms. The second kappa shape index (κ2) is 7.63. The summed E-state index contributed by atoms with van der Waals surface area (Å²) in [5, 5.41) is -7.80. The van der Waals surface area contributed by atoms with Gasteiger partial charge >= 0.3 is 57.1 Å².